The molecule has 2 aromatic rings. The normalized spacial score (nSPS) is 16.1. The predicted molar refractivity (Wildman–Crippen MR) is 106 cm³/mol. The number of nitrogens with zero attached hydrogens (tertiary/aromatic N) is 3. The van der Waals surface area contributed by atoms with Crippen LogP contribution >= 0.6 is 11.3 Å². The molecule has 0 bridgehead atoms. The Bertz CT molecular complexity index is 906. The van der Waals surface area contributed by atoms with Crippen LogP contribution in [0.25, 0.3) is 0 Å². The van der Waals surface area contributed by atoms with E-state index in [-0.39, 0.29) is 16.7 Å². The molecule has 1 saturated heterocycles. The number of nitrogens with one attached hydrogen (secondary N) is 1. The van der Waals surface area contributed by atoms with E-state index in [0.29, 0.717) is 24.0 Å². The lowest BCUT2D eigenvalue weighted by molar-refractivity contribution is -0.121. The molecular weight excluding hydrogens is 402 g/mol. The van der Waals surface area contributed by atoms with Gasteiger partial charge in [-0.3, -0.25) is 9.69 Å². The van der Waals surface area contributed by atoms with Gasteiger partial charge in [-0.25, -0.2) is 13.6 Å². The van der Waals surface area contributed by atoms with Gasteiger partial charge in [-0.2, -0.15) is 0 Å². The second-order valence-electron chi connectivity index (χ2n) is 6.50. The van der Waals surface area contributed by atoms with Crippen LogP contribution in [0.1, 0.15) is 24.8 Å². The van der Waals surface area contributed by atoms with Crippen molar-refractivity contribution < 1.29 is 17.9 Å². The Labute approximate surface area is 168 Å². The first-order valence-corrected chi connectivity index (χ1v) is 11.3. The summed E-state index contributed by atoms with van der Waals surface area (Å²) in [5, 5.41) is 17.5. The number of benzene rings is 1. The summed E-state index contributed by atoms with van der Waals surface area (Å²) in [6, 6.07) is 5.84. The predicted octanol–water partition coefficient (Wildman–Crippen LogP) is 1.43. The van der Waals surface area contributed by atoms with E-state index in [1.165, 1.54) is 35.6 Å². The maximum atomic E-state index is 12.5. The summed E-state index contributed by atoms with van der Waals surface area (Å²) in [4.78, 5) is 14.7. The first kappa shape index (κ1) is 20.6. The number of anilines is 1. The number of piperidine rings is 1. The van der Waals surface area contributed by atoms with Gasteiger partial charge < -0.3 is 10.1 Å². The van der Waals surface area contributed by atoms with Crippen molar-refractivity contribution in [3.05, 3.63) is 29.3 Å². The molecule has 1 aliphatic heterocycles. The molecule has 1 amide bonds. The van der Waals surface area contributed by atoms with Crippen LogP contribution in [0.4, 0.5) is 5.69 Å². The first-order chi connectivity index (χ1) is 13.3. The Morgan fingerprint density at radius 2 is 1.96 bits per heavy atom. The van der Waals surface area contributed by atoms with Crippen molar-refractivity contribution in [3.63, 3.8) is 0 Å². The second-order valence-corrected chi connectivity index (χ2v) is 9.09. The summed E-state index contributed by atoms with van der Waals surface area (Å²) in [5.74, 6) is -0.139. The monoisotopic (exact) mass is 425 g/mol. The lowest BCUT2D eigenvalue weighted by Gasteiger charge is -2.30. The zero-order valence-electron chi connectivity index (χ0n) is 15.5. The van der Waals surface area contributed by atoms with Gasteiger partial charge in [-0.1, -0.05) is 11.3 Å². The highest BCUT2D eigenvalue weighted by Crippen LogP contribution is 2.24. The molecular formula is C17H23N5O4S2. The fraction of sp³-hybridized carbons (Fsp3) is 0.471. The number of ether oxygens (including phenoxy) is 1. The molecule has 0 aliphatic carbocycles. The molecule has 28 heavy (non-hydrogen) atoms. The minimum Gasteiger partial charge on any atom is -0.469 e. The maximum Gasteiger partial charge on any atom is 0.294 e. The fourth-order valence-corrected chi connectivity index (χ4v) is 4.30. The maximum absolute atomic E-state index is 12.5. The molecule has 1 fully saturated rings. The molecule has 1 aliphatic rings. The van der Waals surface area contributed by atoms with Gasteiger partial charge >= 0.3 is 0 Å². The van der Waals surface area contributed by atoms with Crippen molar-refractivity contribution in [3.8, 4) is 5.19 Å². The quantitative estimate of drug-likeness (QED) is 0.687. The molecule has 9 nitrogen and oxygen atoms in total. The topological polar surface area (TPSA) is 128 Å². The molecule has 0 spiro atoms. The minimum atomic E-state index is -3.74. The number of likely N-dealkylation sites (tertiary alicyclic amines) is 1. The molecule has 11 heteroatoms. The minimum absolute atomic E-state index is 0.0166. The van der Waals surface area contributed by atoms with Gasteiger partial charge in [0, 0.05) is 11.6 Å². The molecule has 152 valence electrons. The molecule has 0 saturated carbocycles. The Kier molecular flexibility index (Phi) is 6.60. The number of carbonyl (C=O) groups is 1. The zero-order chi connectivity index (χ0) is 20.1. The van der Waals surface area contributed by atoms with E-state index in [2.05, 4.69) is 20.4 Å². The third-order valence-electron chi connectivity index (χ3n) is 4.48. The van der Waals surface area contributed by atoms with Crippen molar-refractivity contribution in [2.45, 2.75) is 31.2 Å². The lowest BCUT2D eigenvalue weighted by atomic mass is 9.96. The van der Waals surface area contributed by atoms with E-state index in [4.69, 9.17) is 9.88 Å². The van der Waals surface area contributed by atoms with Crippen LogP contribution in [-0.4, -0.2) is 49.1 Å². The highest BCUT2D eigenvalue weighted by molar-refractivity contribution is 7.89. The smallest absolute Gasteiger partial charge is 0.294 e. The van der Waals surface area contributed by atoms with E-state index in [9.17, 15) is 13.2 Å². The van der Waals surface area contributed by atoms with Crippen LogP contribution < -0.4 is 15.2 Å². The van der Waals surface area contributed by atoms with Crippen LogP contribution in [0.3, 0.4) is 0 Å². The van der Waals surface area contributed by atoms with Gasteiger partial charge in [0.1, 0.15) is 5.01 Å². The van der Waals surface area contributed by atoms with Crippen LogP contribution in [-0.2, 0) is 21.4 Å². The average Bonchev–Trinajstić information content (AvgIpc) is 3.09. The highest BCUT2D eigenvalue weighted by atomic mass is 32.2. The molecule has 3 rings (SSSR count). The van der Waals surface area contributed by atoms with Gasteiger partial charge in [0.2, 0.25) is 15.9 Å². The van der Waals surface area contributed by atoms with Crippen molar-refractivity contribution >= 4 is 33.0 Å². The van der Waals surface area contributed by atoms with E-state index >= 15 is 0 Å². The number of primary sulfonamides is 1. The van der Waals surface area contributed by atoms with Crippen LogP contribution in [0, 0.1) is 5.92 Å². The number of sulfonamides is 1. The number of amides is 1. The number of rotatable bonds is 7. The Morgan fingerprint density at radius 1 is 1.29 bits per heavy atom. The molecule has 3 N–H and O–H groups in total. The summed E-state index contributed by atoms with van der Waals surface area (Å²) in [7, 11) is -3.74. The average molecular weight is 426 g/mol. The highest BCUT2D eigenvalue weighted by Gasteiger charge is 2.25. The molecule has 1 aromatic heterocycles. The second kappa shape index (κ2) is 8.95. The Hall–Kier alpha value is -2.08. The summed E-state index contributed by atoms with van der Waals surface area (Å²) in [5.41, 5.74) is 0.553. The van der Waals surface area contributed by atoms with Crippen molar-refractivity contribution in [2.75, 3.05) is 25.0 Å². The molecule has 0 unspecified atom stereocenters. The van der Waals surface area contributed by atoms with Gasteiger partial charge in [-0.05, 0) is 57.1 Å². The Morgan fingerprint density at radius 3 is 2.57 bits per heavy atom. The Balaban J connectivity index is 1.48. The van der Waals surface area contributed by atoms with Crippen molar-refractivity contribution in [1.82, 2.24) is 15.1 Å². The van der Waals surface area contributed by atoms with Crippen molar-refractivity contribution in [2.24, 2.45) is 11.1 Å². The van der Waals surface area contributed by atoms with E-state index in [1.54, 1.807) is 0 Å². The third-order valence-corrected chi connectivity index (χ3v) is 6.23. The number of hydrogen-bond acceptors (Lipinski definition) is 8. The van der Waals surface area contributed by atoms with Crippen LogP contribution in [0.5, 0.6) is 5.19 Å². The van der Waals surface area contributed by atoms with E-state index in [0.717, 1.165) is 30.9 Å². The largest absolute Gasteiger partial charge is 0.469 e. The summed E-state index contributed by atoms with van der Waals surface area (Å²) in [6.07, 6.45) is 1.50. The number of nitrogens with two attached hydrogens (primary N) is 1. The zero-order valence-corrected chi connectivity index (χ0v) is 17.1. The van der Waals surface area contributed by atoms with E-state index < -0.39 is 10.0 Å². The molecule has 0 radical (unpaired) electrons. The molecule has 0 atom stereocenters. The van der Waals surface area contributed by atoms with E-state index in [1.807, 2.05) is 6.92 Å². The van der Waals surface area contributed by atoms with Crippen LogP contribution in [0.2, 0.25) is 0 Å². The summed E-state index contributed by atoms with van der Waals surface area (Å²) >= 11 is 1.45. The lowest BCUT2D eigenvalue weighted by Crippen LogP contribution is -2.37. The fourth-order valence-electron chi connectivity index (χ4n) is 3.00. The van der Waals surface area contributed by atoms with Gasteiger partial charge in [-0.15, -0.1) is 10.2 Å². The first-order valence-electron chi connectivity index (χ1n) is 8.96. The number of hydrogen-bond donors (Lipinski definition) is 2. The van der Waals surface area contributed by atoms with Crippen LogP contribution in [0.15, 0.2) is 29.2 Å². The summed E-state index contributed by atoms with van der Waals surface area (Å²) < 4.78 is 27.9. The summed E-state index contributed by atoms with van der Waals surface area (Å²) in [6.45, 7) is 4.78. The number of carbonyl (C=O) groups excluding carboxylic acids is 1. The third kappa shape index (κ3) is 5.47. The molecule has 2 heterocycles. The van der Waals surface area contributed by atoms with Gasteiger partial charge in [0.25, 0.3) is 5.19 Å². The van der Waals surface area contributed by atoms with Gasteiger partial charge in [0.15, 0.2) is 0 Å². The van der Waals surface area contributed by atoms with Crippen molar-refractivity contribution in [1.29, 1.82) is 0 Å². The molecule has 1 aromatic carbocycles. The SMILES string of the molecule is CCOc1nnc(CN2CCC(C(=O)Nc3ccc(S(N)(=O)=O)cc3)CC2)s1. The number of aromatic nitrogens is 2. The standard InChI is InChI=1S/C17H23N5O4S2/c1-2-26-17-21-20-15(27-17)11-22-9-7-12(8-10-22)16(23)19-13-3-5-14(6-4-13)28(18,24)25/h3-6,12H,2,7-11H2,1H3,(H,19,23)(H2,18,24,25). The van der Waals surface area contributed by atoms with Gasteiger partial charge in [0.05, 0.1) is 18.0 Å².